The molecule has 1 fully saturated rings. The molecule has 0 bridgehead atoms. The number of aliphatic hydroxyl groups excluding tert-OH is 2. The van der Waals surface area contributed by atoms with Crippen molar-refractivity contribution in [2.75, 3.05) is 12.0 Å². The highest BCUT2D eigenvalue weighted by molar-refractivity contribution is 6.30. The molecule has 7 heteroatoms. The number of rotatable bonds is 4. The number of aliphatic hydroxyl groups is 2. The molecule has 0 aromatic heterocycles. The number of methoxy groups -OCH3 is 1. The van der Waals surface area contributed by atoms with Crippen molar-refractivity contribution in [2.45, 2.75) is 18.4 Å². The molecular weight excluding hydrogens is 334 g/mol. The van der Waals surface area contributed by atoms with Crippen molar-refractivity contribution in [3.63, 3.8) is 0 Å². The quantitative estimate of drug-likeness (QED) is 0.880. The zero-order chi connectivity index (χ0) is 17.3. The second-order valence-corrected chi connectivity index (χ2v) is 5.74. The van der Waals surface area contributed by atoms with Crippen LogP contribution in [0.2, 0.25) is 5.02 Å². The van der Waals surface area contributed by atoms with Crippen LogP contribution in [0.3, 0.4) is 0 Å². The van der Waals surface area contributed by atoms with Crippen LogP contribution in [0.15, 0.2) is 48.5 Å². The Labute approximate surface area is 143 Å². The molecule has 1 heterocycles. The fraction of sp³-hybridized carbons (Fsp3) is 0.235. The summed E-state index contributed by atoms with van der Waals surface area (Å²) in [5, 5.41) is 20.9. The number of carbonyl (C=O) groups excluding carboxylic acids is 1. The van der Waals surface area contributed by atoms with E-state index in [2.05, 4.69) is 0 Å². The molecule has 0 aliphatic carbocycles. The van der Waals surface area contributed by atoms with Crippen molar-refractivity contribution in [1.82, 2.24) is 0 Å². The minimum absolute atomic E-state index is 0.376. The number of carbonyl (C=O) groups is 1. The highest BCUT2D eigenvalue weighted by Gasteiger charge is 2.49. The van der Waals surface area contributed by atoms with Gasteiger partial charge in [-0.15, -0.1) is 0 Å². The van der Waals surface area contributed by atoms with E-state index >= 15 is 0 Å². The van der Waals surface area contributed by atoms with Crippen LogP contribution in [0, 0.1) is 0 Å². The first-order valence-corrected chi connectivity index (χ1v) is 7.64. The zero-order valence-electron chi connectivity index (χ0n) is 12.8. The van der Waals surface area contributed by atoms with Gasteiger partial charge in [0.05, 0.1) is 7.11 Å². The van der Waals surface area contributed by atoms with Crippen molar-refractivity contribution in [2.24, 2.45) is 0 Å². The van der Waals surface area contributed by atoms with Gasteiger partial charge >= 0.3 is 0 Å². The molecule has 2 aromatic rings. The summed E-state index contributed by atoms with van der Waals surface area (Å²) in [6, 6.07) is 13.0. The Morgan fingerprint density at radius 1 is 1.00 bits per heavy atom. The van der Waals surface area contributed by atoms with Gasteiger partial charge in [0.1, 0.15) is 17.6 Å². The number of nitrogens with zero attached hydrogens (tertiary/aromatic N) is 1. The molecule has 2 N–H and O–H groups in total. The van der Waals surface area contributed by atoms with Crippen LogP contribution in [-0.2, 0) is 4.79 Å². The van der Waals surface area contributed by atoms with E-state index in [1.54, 1.807) is 48.5 Å². The highest BCUT2D eigenvalue weighted by atomic mass is 35.5. The molecule has 2 aromatic carbocycles. The number of hydrogen-bond donors (Lipinski definition) is 2. The molecule has 0 spiro atoms. The van der Waals surface area contributed by atoms with Crippen LogP contribution in [0.1, 0.15) is 0 Å². The van der Waals surface area contributed by atoms with Gasteiger partial charge in [0.25, 0.3) is 5.91 Å². The third kappa shape index (κ3) is 3.03. The molecule has 3 atom stereocenters. The number of anilines is 1. The van der Waals surface area contributed by atoms with E-state index in [1.165, 1.54) is 7.11 Å². The van der Waals surface area contributed by atoms with Crippen molar-refractivity contribution < 1.29 is 24.5 Å². The summed E-state index contributed by atoms with van der Waals surface area (Å²) in [5.74, 6) is 0.463. The third-order valence-corrected chi connectivity index (χ3v) is 4.04. The molecule has 3 rings (SSSR count). The zero-order valence-corrected chi connectivity index (χ0v) is 13.6. The average molecular weight is 350 g/mol. The monoisotopic (exact) mass is 349 g/mol. The second-order valence-electron chi connectivity index (χ2n) is 5.30. The van der Waals surface area contributed by atoms with Crippen LogP contribution in [-0.4, -0.2) is 41.7 Å². The van der Waals surface area contributed by atoms with Crippen LogP contribution in [0.5, 0.6) is 11.5 Å². The van der Waals surface area contributed by atoms with Gasteiger partial charge in [-0.2, -0.15) is 0 Å². The first kappa shape index (κ1) is 16.6. The molecule has 126 valence electrons. The Balaban J connectivity index is 1.82. The predicted octanol–water partition coefficient (Wildman–Crippen LogP) is 1.82. The van der Waals surface area contributed by atoms with E-state index in [0.717, 1.165) is 4.90 Å². The molecule has 1 saturated heterocycles. The van der Waals surface area contributed by atoms with Gasteiger partial charge in [0.15, 0.2) is 6.23 Å². The van der Waals surface area contributed by atoms with Crippen molar-refractivity contribution in [3.8, 4) is 11.5 Å². The van der Waals surface area contributed by atoms with Gasteiger partial charge in [-0.3, -0.25) is 9.69 Å². The SMILES string of the molecule is COc1ccc(N2C(=O)[C@H](Oc3ccc(Cl)cc3)[C@@H](O)[C@@H]2O)cc1. The summed E-state index contributed by atoms with van der Waals surface area (Å²) >= 11 is 5.81. The Kier molecular flexibility index (Phi) is 4.62. The van der Waals surface area contributed by atoms with Crippen molar-refractivity contribution in [3.05, 3.63) is 53.6 Å². The Morgan fingerprint density at radius 3 is 2.17 bits per heavy atom. The molecule has 1 aliphatic rings. The largest absolute Gasteiger partial charge is 0.497 e. The number of ether oxygens (including phenoxy) is 2. The van der Waals surface area contributed by atoms with Crippen molar-refractivity contribution in [1.29, 1.82) is 0 Å². The summed E-state index contributed by atoms with van der Waals surface area (Å²) in [5.41, 5.74) is 0.439. The summed E-state index contributed by atoms with van der Waals surface area (Å²) < 4.78 is 10.6. The third-order valence-electron chi connectivity index (χ3n) is 3.79. The van der Waals surface area contributed by atoms with Gasteiger partial charge in [-0.05, 0) is 48.5 Å². The normalized spacial score (nSPS) is 23.4. The average Bonchev–Trinajstić information content (AvgIpc) is 2.80. The van der Waals surface area contributed by atoms with E-state index in [1.807, 2.05) is 0 Å². The number of hydrogen-bond acceptors (Lipinski definition) is 5. The minimum Gasteiger partial charge on any atom is -0.497 e. The van der Waals surface area contributed by atoms with Gasteiger partial charge < -0.3 is 19.7 Å². The van der Waals surface area contributed by atoms with Crippen LogP contribution < -0.4 is 14.4 Å². The minimum atomic E-state index is -1.40. The lowest BCUT2D eigenvalue weighted by molar-refractivity contribution is -0.125. The summed E-state index contributed by atoms with van der Waals surface area (Å²) in [6.45, 7) is 0. The number of halogens is 1. The molecule has 0 saturated carbocycles. The van der Waals surface area contributed by atoms with Gasteiger partial charge in [-0.25, -0.2) is 0 Å². The summed E-state index contributed by atoms with van der Waals surface area (Å²) in [6.07, 6.45) is -3.98. The van der Waals surface area contributed by atoms with Gasteiger partial charge in [0.2, 0.25) is 6.10 Å². The molecular formula is C17H16ClNO5. The standard InChI is InChI=1S/C17H16ClNO5/c1-23-12-8-4-11(5-9-12)19-16(21)14(20)15(17(19)22)24-13-6-2-10(18)3-7-13/h2-9,14-16,20-21H,1H3/t14-,15-,16+/m1/s1. The summed E-state index contributed by atoms with van der Waals surface area (Å²) in [7, 11) is 1.53. The number of amides is 1. The first-order chi connectivity index (χ1) is 11.5. The lowest BCUT2D eigenvalue weighted by atomic mass is 10.2. The van der Waals surface area contributed by atoms with Gasteiger partial charge in [0, 0.05) is 10.7 Å². The maximum atomic E-state index is 12.6. The maximum Gasteiger partial charge on any atom is 0.273 e. The highest BCUT2D eigenvalue weighted by Crippen LogP contribution is 2.30. The van der Waals surface area contributed by atoms with Crippen LogP contribution in [0.4, 0.5) is 5.69 Å². The molecule has 1 amide bonds. The molecule has 24 heavy (non-hydrogen) atoms. The second kappa shape index (κ2) is 6.68. The predicted molar refractivity (Wildman–Crippen MR) is 88.4 cm³/mol. The van der Waals surface area contributed by atoms with E-state index < -0.39 is 24.3 Å². The Morgan fingerprint density at radius 2 is 1.58 bits per heavy atom. The summed E-state index contributed by atoms with van der Waals surface area (Å²) in [4.78, 5) is 13.7. The van der Waals surface area contributed by atoms with Crippen molar-refractivity contribution >= 4 is 23.2 Å². The molecule has 1 aliphatic heterocycles. The fourth-order valence-corrected chi connectivity index (χ4v) is 2.65. The van der Waals surface area contributed by atoms with Crippen LogP contribution >= 0.6 is 11.6 Å². The number of benzene rings is 2. The lowest BCUT2D eigenvalue weighted by Gasteiger charge is -2.20. The smallest absolute Gasteiger partial charge is 0.273 e. The topological polar surface area (TPSA) is 79.2 Å². The van der Waals surface area contributed by atoms with Gasteiger partial charge in [-0.1, -0.05) is 11.6 Å². The van der Waals surface area contributed by atoms with E-state index in [4.69, 9.17) is 21.1 Å². The first-order valence-electron chi connectivity index (χ1n) is 7.27. The maximum absolute atomic E-state index is 12.6. The lowest BCUT2D eigenvalue weighted by Crippen LogP contribution is -2.36. The van der Waals surface area contributed by atoms with E-state index in [0.29, 0.717) is 22.2 Å². The van der Waals surface area contributed by atoms with E-state index in [9.17, 15) is 15.0 Å². The molecule has 0 radical (unpaired) electrons. The molecule has 0 unspecified atom stereocenters. The molecule has 6 nitrogen and oxygen atoms in total. The Hall–Kier alpha value is -2.28. The van der Waals surface area contributed by atoms with E-state index in [-0.39, 0.29) is 0 Å². The fourth-order valence-electron chi connectivity index (χ4n) is 2.53. The Bertz CT molecular complexity index is 719. The van der Waals surface area contributed by atoms with Crippen LogP contribution in [0.25, 0.3) is 0 Å².